The van der Waals surface area contributed by atoms with Gasteiger partial charge in [0.2, 0.25) is 5.91 Å². The molecular weight excluding hydrogens is 263 g/mol. The molecule has 1 aromatic carbocycles. The summed E-state index contributed by atoms with van der Waals surface area (Å²) in [5.74, 6) is -1.56. The molecule has 0 aliphatic rings. The second-order valence-electron chi connectivity index (χ2n) is 4.56. The van der Waals surface area contributed by atoms with Gasteiger partial charge in [-0.15, -0.1) is 0 Å². The lowest BCUT2D eigenvalue weighted by atomic mass is 10.1. The Morgan fingerprint density at radius 1 is 1.35 bits per heavy atom. The lowest BCUT2D eigenvalue weighted by Crippen LogP contribution is -2.39. The first-order valence-electron chi connectivity index (χ1n) is 6.38. The molecule has 0 heterocycles. The first-order chi connectivity index (χ1) is 9.42. The van der Waals surface area contributed by atoms with Crippen LogP contribution in [-0.2, 0) is 16.1 Å². The molecule has 5 nitrogen and oxygen atoms in total. The number of rotatable bonds is 7. The average Bonchev–Trinajstić information content (AvgIpc) is 2.39. The third-order valence-corrected chi connectivity index (χ3v) is 2.90. The van der Waals surface area contributed by atoms with Crippen molar-refractivity contribution in [2.45, 2.75) is 20.4 Å². The lowest BCUT2D eigenvalue weighted by molar-refractivity contribution is -0.138. The van der Waals surface area contributed by atoms with Gasteiger partial charge < -0.3 is 10.4 Å². The molecule has 0 unspecified atom stereocenters. The van der Waals surface area contributed by atoms with E-state index in [4.69, 9.17) is 5.11 Å². The largest absolute Gasteiger partial charge is 0.480 e. The molecule has 110 valence electrons. The zero-order valence-corrected chi connectivity index (χ0v) is 11.6. The van der Waals surface area contributed by atoms with Crippen LogP contribution in [0.5, 0.6) is 0 Å². The van der Waals surface area contributed by atoms with E-state index in [1.807, 2.05) is 0 Å². The number of halogens is 1. The summed E-state index contributed by atoms with van der Waals surface area (Å²) in [6.07, 6.45) is 0. The number of nitrogens with one attached hydrogen (secondary N) is 1. The highest BCUT2D eigenvalue weighted by atomic mass is 19.1. The van der Waals surface area contributed by atoms with Crippen LogP contribution >= 0.6 is 0 Å². The van der Waals surface area contributed by atoms with E-state index in [1.165, 1.54) is 11.0 Å². The Balaban J connectivity index is 2.46. The van der Waals surface area contributed by atoms with Crippen molar-refractivity contribution in [3.8, 4) is 0 Å². The van der Waals surface area contributed by atoms with E-state index in [-0.39, 0.29) is 31.4 Å². The van der Waals surface area contributed by atoms with Crippen molar-refractivity contribution in [2.24, 2.45) is 0 Å². The number of amides is 1. The number of benzene rings is 1. The highest BCUT2D eigenvalue weighted by Crippen LogP contribution is 2.08. The SMILES string of the molecule is CCN(CC(=O)O)CC(=O)NCc1ccc(C)c(F)c1. The average molecular weight is 282 g/mol. The molecule has 1 rings (SSSR count). The van der Waals surface area contributed by atoms with Crippen LogP contribution in [0.4, 0.5) is 4.39 Å². The molecule has 1 amide bonds. The van der Waals surface area contributed by atoms with Crippen LogP contribution in [0, 0.1) is 12.7 Å². The second kappa shape index (κ2) is 7.59. The van der Waals surface area contributed by atoms with E-state index in [1.54, 1.807) is 26.0 Å². The first kappa shape index (κ1) is 16.1. The molecule has 0 aliphatic heterocycles. The van der Waals surface area contributed by atoms with Gasteiger partial charge in [-0.05, 0) is 30.7 Å². The summed E-state index contributed by atoms with van der Waals surface area (Å²) in [6, 6.07) is 4.78. The smallest absolute Gasteiger partial charge is 0.317 e. The molecule has 20 heavy (non-hydrogen) atoms. The van der Waals surface area contributed by atoms with E-state index >= 15 is 0 Å². The lowest BCUT2D eigenvalue weighted by Gasteiger charge is -2.17. The van der Waals surface area contributed by atoms with Crippen molar-refractivity contribution in [2.75, 3.05) is 19.6 Å². The van der Waals surface area contributed by atoms with Crippen LogP contribution in [0.15, 0.2) is 18.2 Å². The van der Waals surface area contributed by atoms with Crippen LogP contribution in [0.25, 0.3) is 0 Å². The van der Waals surface area contributed by atoms with Gasteiger partial charge in [-0.25, -0.2) is 4.39 Å². The number of hydrogen-bond acceptors (Lipinski definition) is 3. The number of aliphatic carboxylic acids is 1. The minimum atomic E-state index is -0.972. The summed E-state index contributed by atoms with van der Waals surface area (Å²) in [6.45, 7) is 3.98. The summed E-state index contributed by atoms with van der Waals surface area (Å²) >= 11 is 0. The van der Waals surface area contributed by atoms with Crippen molar-refractivity contribution in [1.29, 1.82) is 0 Å². The monoisotopic (exact) mass is 282 g/mol. The van der Waals surface area contributed by atoms with Crippen molar-refractivity contribution in [3.05, 3.63) is 35.1 Å². The number of carboxylic acid groups (broad SMARTS) is 1. The van der Waals surface area contributed by atoms with Gasteiger partial charge in [-0.2, -0.15) is 0 Å². The molecule has 0 atom stereocenters. The molecule has 1 aromatic rings. The molecule has 0 aliphatic carbocycles. The Morgan fingerprint density at radius 2 is 2.05 bits per heavy atom. The predicted octanol–water partition coefficient (Wildman–Crippen LogP) is 1.16. The quantitative estimate of drug-likeness (QED) is 0.787. The molecule has 0 bridgehead atoms. The summed E-state index contributed by atoms with van der Waals surface area (Å²) < 4.78 is 13.3. The fourth-order valence-electron chi connectivity index (χ4n) is 1.68. The topological polar surface area (TPSA) is 69.6 Å². The molecule has 0 radical (unpaired) electrons. The van der Waals surface area contributed by atoms with E-state index in [0.717, 1.165) is 0 Å². The van der Waals surface area contributed by atoms with Gasteiger partial charge in [0.15, 0.2) is 0 Å². The molecule has 0 aromatic heterocycles. The number of carbonyl (C=O) groups is 2. The standard InChI is InChI=1S/C14H19FN2O3/c1-3-17(9-14(19)20)8-13(18)16-7-11-5-4-10(2)12(15)6-11/h4-6H,3,7-9H2,1-2H3,(H,16,18)(H,19,20). The van der Waals surface area contributed by atoms with E-state index < -0.39 is 5.97 Å². The number of carboxylic acids is 1. The third kappa shape index (κ3) is 5.36. The van der Waals surface area contributed by atoms with Gasteiger partial charge >= 0.3 is 5.97 Å². The molecule has 0 saturated carbocycles. The summed E-state index contributed by atoms with van der Waals surface area (Å²) in [4.78, 5) is 23.8. The van der Waals surface area contributed by atoms with Gasteiger partial charge in [0.25, 0.3) is 0 Å². The summed E-state index contributed by atoms with van der Waals surface area (Å²) in [5.41, 5.74) is 1.22. The van der Waals surface area contributed by atoms with Crippen molar-refractivity contribution < 1.29 is 19.1 Å². The molecule has 0 saturated heterocycles. The van der Waals surface area contributed by atoms with Gasteiger partial charge in [0.1, 0.15) is 5.82 Å². The third-order valence-electron chi connectivity index (χ3n) is 2.90. The Labute approximate surface area is 117 Å². The molecule has 6 heteroatoms. The summed E-state index contributed by atoms with van der Waals surface area (Å²) in [7, 11) is 0. The Morgan fingerprint density at radius 3 is 2.60 bits per heavy atom. The first-order valence-corrected chi connectivity index (χ1v) is 6.38. The maximum atomic E-state index is 13.3. The number of nitrogens with zero attached hydrogens (tertiary/aromatic N) is 1. The Kier molecular flexibility index (Phi) is 6.11. The number of aryl methyl sites for hydroxylation is 1. The normalized spacial score (nSPS) is 10.6. The van der Waals surface area contributed by atoms with Crippen molar-refractivity contribution >= 4 is 11.9 Å². The maximum Gasteiger partial charge on any atom is 0.317 e. The molecule has 0 fully saturated rings. The predicted molar refractivity (Wildman–Crippen MR) is 72.7 cm³/mol. The molecule has 0 spiro atoms. The van der Waals surface area contributed by atoms with E-state index in [0.29, 0.717) is 17.7 Å². The number of hydrogen-bond donors (Lipinski definition) is 2. The van der Waals surface area contributed by atoms with Crippen LogP contribution in [-0.4, -0.2) is 41.5 Å². The fraction of sp³-hybridized carbons (Fsp3) is 0.429. The zero-order chi connectivity index (χ0) is 15.1. The van der Waals surface area contributed by atoms with Gasteiger partial charge in [-0.1, -0.05) is 19.1 Å². The van der Waals surface area contributed by atoms with Gasteiger partial charge in [0.05, 0.1) is 13.1 Å². The minimum Gasteiger partial charge on any atom is -0.480 e. The molecule has 2 N–H and O–H groups in total. The van der Waals surface area contributed by atoms with Crippen LogP contribution in [0.1, 0.15) is 18.1 Å². The number of carbonyl (C=O) groups excluding carboxylic acids is 1. The van der Waals surface area contributed by atoms with Gasteiger partial charge in [-0.3, -0.25) is 14.5 Å². The summed E-state index contributed by atoms with van der Waals surface area (Å²) in [5, 5.41) is 11.3. The minimum absolute atomic E-state index is 0.0111. The number of likely N-dealkylation sites (N-methyl/N-ethyl adjacent to an activating group) is 1. The van der Waals surface area contributed by atoms with E-state index in [2.05, 4.69) is 5.32 Å². The van der Waals surface area contributed by atoms with Crippen LogP contribution < -0.4 is 5.32 Å². The van der Waals surface area contributed by atoms with Gasteiger partial charge in [0, 0.05) is 6.54 Å². The Bertz CT molecular complexity index is 491. The van der Waals surface area contributed by atoms with Crippen LogP contribution in [0.3, 0.4) is 0 Å². The highest BCUT2D eigenvalue weighted by molar-refractivity contribution is 5.79. The molecular formula is C14H19FN2O3. The zero-order valence-electron chi connectivity index (χ0n) is 11.6. The van der Waals surface area contributed by atoms with Crippen molar-refractivity contribution in [3.63, 3.8) is 0 Å². The van der Waals surface area contributed by atoms with Crippen molar-refractivity contribution in [1.82, 2.24) is 10.2 Å². The van der Waals surface area contributed by atoms with Crippen LogP contribution in [0.2, 0.25) is 0 Å². The second-order valence-corrected chi connectivity index (χ2v) is 4.56. The highest BCUT2D eigenvalue weighted by Gasteiger charge is 2.12. The Hall–Kier alpha value is -1.95. The maximum absolute atomic E-state index is 13.3. The van der Waals surface area contributed by atoms with E-state index in [9.17, 15) is 14.0 Å². The fourth-order valence-corrected chi connectivity index (χ4v) is 1.68.